The monoisotopic (exact) mass is 848 g/mol. The normalized spacial score (nSPS) is 12.7. The van der Waals surface area contributed by atoms with Crippen LogP contribution in [0, 0.1) is 0 Å². The van der Waals surface area contributed by atoms with E-state index >= 15 is 0 Å². The number of hydrogen-bond donors (Lipinski definition) is 3. The molecule has 0 radical (unpaired) electrons. The number of carbonyl (C=O) groups is 2. The third kappa shape index (κ3) is 46.1. The maximum atomic E-state index is 12.4. The molecule has 0 aliphatic carbocycles. The molecule has 60 heavy (non-hydrogen) atoms. The number of aliphatic hydroxyl groups is 2. The zero-order valence-electron chi connectivity index (χ0n) is 40.5. The van der Waals surface area contributed by atoms with Crippen LogP contribution in [0.4, 0.5) is 0 Å². The van der Waals surface area contributed by atoms with E-state index in [4.69, 9.17) is 4.74 Å². The van der Waals surface area contributed by atoms with Gasteiger partial charge >= 0.3 is 5.97 Å². The summed E-state index contributed by atoms with van der Waals surface area (Å²) in [6.07, 6.45) is 57.9. The maximum absolute atomic E-state index is 12.4. The summed E-state index contributed by atoms with van der Waals surface area (Å²) >= 11 is 0. The van der Waals surface area contributed by atoms with Crippen molar-refractivity contribution in [3.8, 4) is 0 Å². The number of aliphatic hydroxyl groups excluding tert-OH is 2. The Morgan fingerprint density at radius 3 is 1.13 bits per heavy atom. The molecule has 0 rings (SSSR count). The quantitative estimate of drug-likeness (QED) is 0.0322. The van der Waals surface area contributed by atoms with Crippen molar-refractivity contribution in [2.45, 2.75) is 309 Å². The van der Waals surface area contributed by atoms with Crippen molar-refractivity contribution in [2.24, 2.45) is 0 Å². The molecular weight excluding hydrogens is 743 g/mol. The lowest BCUT2D eigenvalue weighted by atomic mass is 10.0. The molecule has 0 aliphatic rings. The lowest BCUT2D eigenvalue weighted by Crippen LogP contribution is -2.45. The van der Waals surface area contributed by atoms with Crippen molar-refractivity contribution in [3.05, 3.63) is 12.2 Å². The summed E-state index contributed by atoms with van der Waals surface area (Å²) in [5.74, 6) is -0.0888. The van der Waals surface area contributed by atoms with Crippen molar-refractivity contribution < 1.29 is 24.5 Å². The van der Waals surface area contributed by atoms with Crippen molar-refractivity contribution in [1.29, 1.82) is 0 Å². The minimum absolute atomic E-state index is 0.00632. The molecule has 0 heterocycles. The average Bonchev–Trinajstić information content (AvgIpc) is 3.25. The zero-order valence-corrected chi connectivity index (χ0v) is 40.5. The molecule has 3 N–H and O–H groups in total. The second kappa shape index (κ2) is 50.2. The van der Waals surface area contributed by atoms with Gasteiger partial charge in [-0.05, 0) is 32.1 Å². The molecule has 0 saturated heterocycles. The predicted octanol–water partition coefficient (Wildman–Crippen LogP) is 16.1. The fraction of sp³-hybridized carbons (Fsp3) is 0.926. The van der Waals surface area contributed by atoms with E-state index in [-0.39, 0.29) is 18.5 Å². The van der Waals surface area contributed by atoms with Crippen LogP contribution in [0.5, 0.6) is 0 Å². The highest BCUT2D eigenvalue weighted by Crippen LogP contribution is 2.17. The molecule has 6 heteroatoms. The fourth-order valence-corrected chi connectivity index (χ4v) is 8.40. The number of esters is 1. The smallest absolute Gasteiger partial charge is 0.305 e. The number of unbranched alkanes of at least 4 members (excludes halogenated alkanes) is 39. The topological polar surface area (TPSA) is 95.9 Å². The number of allylic oxidation sites excluding steroid dienone is 1. The first kappa shape index (κ1) is 58.6. The summed E-state index contributed by atoms with van der Waals surface area (Å²) in [5.41, 5.74) is 0. The van der Waals surface area contributed by atoms with Gasteiger partial charge in [0.15, 0.2) is 0 Å². The van der Waals surface area contributed by atoms with Crippen molar-refractivity contribution >= 4 is 11.9 Å². The Balaban J connectivity index is 3.44. The molecule has 0 aliphatic heterocycles. The molecule has 6 nitrogen and oxygen atoms in total. The van der Waals surface area contributed by atoms with Crippen LogP contribution in [0.25, 0.3) is 0 Å². The minimum Gasteiger partial charge on any atom is -0.466 e. The Bertz CT molecular complexity index is 893. The first-order chi connectivity index (χ1) is 29.5. The number of ether oxygens (including phenoxy) is 1. The molecular formula is C54H105NO5. The largest absolute Gasteiger partial charge is 0.466 e. The summed E-state index contributed by atoms with van der Waals surface area (Å²) in [6.45, 7) is 4.88. The van der Waals surface area contributed by atoms with E-state index in [1.54, 1.807) is 6.08 Å². The summed E-state index contributed by atoms with van der Waals surface area (Å²) in [7, 11) is 0. The van der Waals surface area contributed by atoms with Crippen LogP contribution in [-0.4, -0.2) is 47.4 Å². The molecule has 0 spiro atoms. The van der Waals surface area contributed by atoms with E-state index in [1.807, 2.05) is 6.08 Å². The standard InChI is InChI=1S/C54H105NO5/c1-3-5-7-9-11-13-15-17-18-19-20-21-23-28-32-36-40-44-48-54(59)60-49-45-41-37-33-29-25-24-27-31-35-39-43-47-53(58)55-51(50-56)52(57)46-42-38-34-30-26-22-16-14-12-10-8-6-4-2/h42,46,51-52,56-57H,3-41,43-45,47-50H2,1-2H3,(H,55,58)/b46-42+. The van der Waals surface area contributed by atoms with Gasteiger partial charge in [-0.25, -0.2) is 0 Å². The predicted molar refractivity (Wildman–Crippen MR) is 260 cm³/mol. The Morgan fingerprint density at radius 2 is 0.767 bits per heavy atom. The van der Waals surface area contributed by atoms with Gasteiger partial charge < -0.3 is 20.3 Å². The lowest BCUT2D eigenvalue weighted by Gasteiger charge is -2.20. The molecule has 2 atom stereocenters. The van der Waals surface area contributed by atoms with E-state index < -0.39 is 12.1 Å². The van der Waals surface area contributed by atoms with Crippen LogP contribution in [0.3, 0.4) is 0 Å². The molecule has 0 fully saturated rings. The molecule has 2 unspecified atom stereocenters. The number of rotatable bonds is 50. The van der Waals surface area contributed by atoms with E-state index in [1.165, 1.54) is 212 Å². The summed E-state index contributed by atoms with van der Waals surface area (Å²) < 4.78 is 5.48. The Morgan fingerprint density at radius 1 is 0.450 bits per heavy atom. The number of amides is 1. The third-order valence-corrected chi connectivity index (χ3v) is 12.6. The Hall–Kier alpha value is -1.40. The molecule has 0 aromatic heterocycles. The van der Waals surface area contributed by atoms with E-state index in [0.29, 0.717) is 19.4 Å². The van der Waals surface area contributed by atoms with Crippen LogP contribution in [0.15, 0.2) is 12.2 Å². The SMILES string of the molecule is CCCCCCCCCCCCC/C=C/C(O)C(CO)NC(=O)CCCCCCCCCCCCCCOC(=O)CCCCCCCCCCCCCCCCCCCC. The van der Waals surface area contributed by atoms with Gasteiger partial charge in [0.1, 0.15) is 0 Å². The highest BCUT2D eigenvalue weighted by Gasteiger charge is 2.18. The van der Waals surface area contributed by atoms with Gasteiger partial charge in [-0.15, -0.1) is 0 Å². The summed E-state index contributed by atoms with van der Waals surface area (Å²) in [5, 5.41) is 23.0. The second-order valence-corrected chi connectivity index (χ2v) is 18.6. The number of nitrogens with one attached hydrogen (secondary N) is 1. The highest BCUT2D eigenvalue weighted by atomic mass is 16.5. The van der Waals surface area contributed by atoms with Crippen LogP contribution in [-0.2, 0) is 14.3 Å². The van der Waals surface area contributed by atoms with Gasteiger partial charge in [-0.3, -0.25) is 9.59 Å². The van der Waals surface area contributed by atoms with Crippen molar-refractivity contribution in [2.75, 3.05) is 13.2 Å². The van der Waals surface area contributed by atoms with Gasteiger partial charge in [-0.1, -0.05) is 264 Å². The average molecular weight is 848 g/mol. The van der Waals surface area contributed by atoms with Crippen LogP contribution >= 0.6 is 0 Å². The molecule has 0 aromatic carbocycles. The molecule has 356 valence electrons. The molecule has 0 saturated carbocycles. The van der Waals surface area contributed by atoms with E-state index in [2.05, 4.69) is 19.2 Å². The van der Waals surface area contributed by atoms with E-state index in [0.717, 1.165) is 57.8 Å². The molecule has 1 amide bonds. The molecule has 0 bridgehead atoms. The minimum atomic E-state index is -0.852. The second-order valence-electron chi connectivity index (χ2n) is 18.6. The van der Waals surface area contributed by atoms with Gasteiger partial charge in [0.05, 0.1) is 25.4 Å². The van der Waals surface area contributed by atoms with Gasteiger partial charge in [0.25, 0.3) is 0 Å². The van der Waals surface area contributed by atoms with Gasteiger partial charge in [0, 0.05) is 12.8 Å². The van der Waals surface area contributed by atoms with Crippen LogP contribution < -0.4 is 5.32 Å². The number of hydrogen-bond acceptors (Lipinski definition) is 5. The van der Waals surface area contributed by atoms with Crippen molar-refractivity contribution in [3.63, 3.8) is 0 Å². The maximum Gasteiger partial charge on any atom is 0.305 e. The fourth-order valence-electron chi connectivity index (χ4n) is 8.40. The molecule has 0 aromatic rings. The third-order valence-electron chi connectivity index (χ3n) is 12.6. The van der Waals surface area contributed by atoms with Crippen LogP contribution in [0.2, 0.25) is 0 Å². The first-order valence-corrected chi connectivity index (χ1v) is 27.0. The summed E-state index contributed by atoms with van der Waals surface area (Å²) in [6, 6.07) is -0.637. The van der Waals surface area contributed by atoms with E-state index in [9.17, 15) is 19.8 Å². The lowest BCUT2D eigenvalue weighted by molar-refractivity contribution is -0.143. The summed E-state index contributed by atoms with van der Waals surface area (Å²) in [4.78, 5) is 24.5. The highest BCUT2D eigenvalue weighted by molar-refractivity contribution is 5.76. The Kier molecular flexibility index (Phi) is 49.1. The van der Waals surface area contributed by atoms with Gasteiger partial charge in [-0.2, -0.15) is 0 Å². The van der Waals surface area contributed by atoms with Crippen molar-refractivity contribution in [1.82, 2.24) is 5.32 Å². The Labute approximate surface area is 374 Å². The van der Waals surface area contributed by atoms with Crippen LogP contribution in [0.1, 0.15) is 296 Å². The number of carbonyl (C=O) groups excluding carboxylic acids is 2. The first-order valence-electron chi connectivity index (χ1n) is 27.0. The zero-order chi connectivity index (χ0) is 43.7. The van der Waals surface area contributed by atoms with Gasteiger partial charge in [0.2, 0.25) is 5.91 Å².